The summed E-state index contributed by atoms with van der Waals surface area (Å²) in [5.41, 5.74) is 7.53. The first-order valence-electron chi connectivity index (χ1n) is 7.94. The Morgan fingerprint density at radius 2 is 2.32 bits per heavy atom. The Labute approximate surface area is 156 Å². The Balaban J connectivity index is 1.83. The highest BCUT2D eigenvalue weighted by molar-refractivity contribution is 9.10. The minimum Gasteiger partial charge on any atom is -0.383 e. The number of thioether (sulfide) groups is 1. The third-order valence-corrected chi connectivity index (χ3v) is 6.49. The van der Waals surface area contributed by atoms with Crippen LogP contribution < -0.4 is 11.1 Å². The number of nitrogen functional groups attached to an aromatic ring is 1. The van der Waals surface area contributed by atoms with Gasteiger partial charge in [0.15, 0.2) is 5.65 Å². The molecule has 1 aliphatic heterocycles. The van der Waals surface area contributed by atoms with Crippen LogP contribution >= 0.6 is 27.7 Å². The quantitative estimate of drug-likeness (QED) is 0.626. The van der Waals surface area contributed by atoms with Gasteiger partial charge >= 0.3 is 0 Å². The maximum Gasteiger partial charge on any atom is 0.243 e. The van der Waals surface area contributed by atoms with Gasteiger partial charge in [-0.3, -0.25) is 4.68 Å². The van der Waals surface area contributed by atoms with Crippen molar-refractivity contribution in [2.45, 2.75) is 23.1 Å². The number of aryl methyl sites for hydroxylation is 1. The number of fused-ring (bicyclic) bond motifs is 1. The first kappa shape index (κ1) is 16.8. The number of aromatic nitrogens is 5. The van der Waals surface area contributed by atoms with Gasteiger partial charge in [0, 0.05) is 30.6 Å². The van der Waals surface area contributed by atoms with E-state index >= 15 is 0 Å². The molecule has 3 N–H and O–H groups in total. The Morgan fingerprint density at radius 1 is 1.48 bits per heavy atom. The number of halogens is 2. The highest BCUT2D eigenvalue weighted by Crippen LogP contribution is 2.37. The number of anilines is 1. The molecule has 25 heavy (non-hydrogen) atoms. The summed E-state index contributed by atoms with van der Waals surface area (Å²) in [4.78, 5) is 4.67. The van der Waals surface area contributed by atoms with Crippen LogP contribution in [0.2, 0.25) is 0 Å². The SMILES string of the molecule is Cn1cc(-c2c(F)nn3c(N)c(Br)c(SC4CCCNC4)nc23)cn1. The predicted molar refractivity (Wildman–Crippen MR) is 99.0 cm³/mol. The van der Waals surface area contributed by atoms with E-state index in [9.17, 15) is 4.39 Å². The molecule has 3 aromatic rings. The molecule has 7 nitrogen and oxygen atoms in total. The molecule has 132 valence electrons. The topological polar surface area (TPSA) is 86.1 Å². The average molecular weight is 426 g/mol. The molecule has 0 spiro atoms. The van der Waals surface area contributed by atoms with E-state index in [1.54, 1.807) is 35.9 Å². The van der Waals surface area contributed by atoms with Crippen molar-refractivity contribution in [3.8, 4) is 11.1 Å². The second-order valence-corrected chi connectivity index (χ2v) is 8.09. The van der Waals surface area contributed by atoms with Crippen LogP contribution in [0, 0.1) is 5.95 Å². The van der Waals surface area contributed by atoms with Crippen LogP contribution in [0.5, 0.6) is 0 Å². The van der Waals surface area contributed by atoms with E-state index in [2.05, 4.69) is 36.4 Å². The standard InChI is InChI=1S/C15H17BrFN7S/c1-23-7-8(5-20-23)10-12(17)22-24-13(18)11(16)15(21-14(10)24)25-9-3-2-4-19-6-9/h5,7,9,19H,2-4,6,18H2,1H3. The van der Waals surface area contributed by atoms with E-state index in [-0.39, 0.29) is 0 Å². The largest absolute Gasteiger partial charge is 0.383 e. The van der Waals surface area contributed by atoms with E-state index < -0.39 is 5.95 Å². The fourth-order valence-corrected chi connectivity index (χ4v) is 4.64. The molecule has 10 heteroatoms. The maximum absolute atomic E-state index is 14.5. The molecule has 0 radical (unpaired) electrons. The monoisotopic (exact) mass is 425 g/mol. The maximum atomic E-state index is 14.5. The van der Waals surface area contributed by atoms with Crippen LogP contribution in [0.25, 0.3) is 16.8 Å². The van der Waals surface area contributed by atoms with Gasteiger partial charge in [-0.25, -0.2) is 4.98 Å². The summed E-state index contributed by atoms with van der Waals surface area (Å²) in [5, 5.41) is 12.6. The molecule has 0 aromatic carbocycles. The minimum absolute atomic E-state index is 0.316. The Morgan fingerprint density at radius 3 is 3.00 bits per heavy atom. The molecule has 3 aromatic heterocycles. The molecular formula is C15H17BrFN7S. The van der Waals surface area contributed by atoms with Gasteiger partial charge < -0.3 is 11.1 Å². The molecule has 0 bridgehead atoms. The van der Waals surface area contributed by atoms with Gasteiger partial charge in [-0.1, -0.05) is 0 Å². The molecule has 1 saturated heterocycles. The van der Waals surface area contributed by atoms with E-state index in [4.69, 9.17) is 5.73 Å². The van der Waals surface area contributed by atoms with Gasteiger partial charge in [-0.2, -0.15) is 14.0 Å². The molecule has 1 unspecified atom stereocenters. The van der Waals surface area contributed by atoms with Gasteiger partial charge in [0.1, 0.15) is 10.8 Å². The second kappa shape index (κ2) is 6.58. The molecule has 0 amide bonds. The molecule has 1 fully saturated rings. The number of nitrogens with zero attached hydrogens (tertiary/aromatic N) is 5. The Hall–Kier alpha value is -1.65. The third kappa shape index (κ3) is 3.02. The van der Waals surface area contributed by atoms with Gasteiger partial charge in [-0.15, -0.1) is 16.9 Å². The van der Waals surface area contributed by atoms with Gasteiger partial charge in [0.2, 0.25) is 5.95 Å². The lowest BCUT2D eigenvalue weighted by Gasteiger charge is -2.22. The van der Waals surface area contributed by atoms with Crippen LogP contribution in [0.3, 0.4) is 0 Å². The van der Waals surface area contributed by atoms with E-state index in [0.29, 0.717) is 32.3 Å². The van der Waals surface area contributed by atoms with Crippen LogP contribution in [0.4, 0.5) is 10.2 Å². The number of piperidine rings is 1. The van der Waals surface area contributed by atoms with Gasteiger partial charge in [0.05, 0.1) is 16.2 Å². The van der Waals surface area contributed by atoms with Crippen LogP contribution in [-0.4, -0.2) is 42.7 Å². The van der Waals surface area contributed by atoms with E-state index in [0.717, 1.165) is 31.0 Å². The van der Waals surface area contributed by atoms with Crippen molar-refractivity contribution in [2.75, 3.05) is 18.8 Å². The summed E-state index contributed by atoms with van der Waals surface area (Å²) in [6.07, 6.45) is 5.57. The van der Waals surface area contributed by atoms with E-state index in [1.807, 2.05) is 0 Å². The van der Waals surface area contributed by atoms with Crippen LogP contribution in [0.15, 0.2) is 21.9 Å². The highest BCUT2D eigenvalue weighted by Gasteiger charge is 2.24. The van der Waals surface area contributed by atoms with Crippen molar-refractivity contribution in [1.29, 1.82) is 0 Å². The van der Waals surface area contributed by atoms with Crippen LogP contribution in [-0.2, 0) is 7.05 Å². The first-order valence-corrected chi connectivity index (χ1v) is 9.61. The summed E-state index contributed by atoms with van der Waals surface area (Å²) in [5.74, 6) is -0.272. The zero-order chi connectivity index (χ0) is 17.6. The Bertz CT molecular complexity index is 932. The lowest BCUT2D eigenvalue weighted by atomic mass is 10.2. The van der Waals surface area contributed by atoms with Gasteiger partial charge in [-0.05, 0) is 35.3 Å². The fraction of sp³-hybridized carbons (Fsp3) is 0.400. The summed E-state index contributed by atoms with van der Waals surface area (Å²) in [7, 11) is 1.78. The van der Waals surface area contributed by atoms with Crippen molar-refractivity contribution in [1.82, 2.24) is 29.7 Å². The fourth-order valence-electron chi connectivity index (χ4n) is 2.96. The molecule has 1 atom stereocenters. The van der Waals surface area contributed by atoms with Crippen molar-refractivity contribution < 1.29 is 4.39 Å². The van der Waals surface area contributed by atoms with Crippen LogP contribution in [0.1, 0.15) is 12.8 Å². The smallest absolute Gasteiger partial charge is 0.243 e. The average Bonchev–Trinajstić information content (AvgIpc) is 3.16. The van der Waals surface area contributed by atoms with Crippen molar-refractivity contribution in [2.24, 2.45) is 7.05 Å². The van der Waals surface area contributed by atoms with E-state index in [1.165, 1.54) is 4.52 Å². The lowest BCUT2D eigenvalue weighted by Crippen LogP contribution is -2.31. The summed E-state index contributed by atoms with van der Waals surface area (Å²) < 4.78 is 18.1. The molecule has 0 saturated carbocycles. The number of hydrogen-bond acceptors (Lipinski definition) is 6. The molecular weight excluding hydrogens is 409 g/mol. The lowest BCUT2D eigenvalue weighted by molar-refractivity contribution is 0.531. The first-order chi connectivity index (χ1) is 12.0. The zero-order valence-electron chi connectivity index (χ0n) is 13.5. The zero-order valence-corrected chi connectivity index (χ0v) is 15.9. The number of rotatable bonds is 3. The molecule has 0 aliphatic carbocycles. The van der Waals surface area contributed by atoms with Crippen molar-refractivity contribution in [3.05, 3.63) is 22.8 Å². The summed E-state index contributed by atoms with van der Waals surface area (Å²) in [6.45, 7) is 1.97. The number of nitrogens with one attached hydrogen (secondary N) is 1. The van der Waals surface area contributed by atoms with Gasteiger partial charge in [0.25, 0.3) is 0 Å². The molecule has 4 heterocycles. The summed E-state index contributed by atoms with van der Waals surface area (Å²) >= 11 is 5.15. The summed E-state index contributed by atoms with van der Waals surface area (Å²) in [6, 6.07) is 0. The number of nitrogens with two attached hydrogens (primary N) is 1. The van der Waals surface area contributed by atoms with Crippen molar-refractivity contribution >= 4 is 39.2 Å². The second-order valence-electron chi connectivity index (χ2n) is 6.01. The molecule has 4 rings (SSSR count). The van der Waals surface area contributed by atoms with Crippen molar-refractivity contribution in [3.63, 3.8) is 0 Å². The predicted octanol–water partition coefficient (Wildman–Crippen LogP) is 2.46. The normalized spacial score (nSPS) is 18.1. The third-order valence-electron chi connectivity index (χ3n) is 4.19. The number of hydrogen-bond donors (Lipinski definition) is 2. The Kier molecular flexibility index (Phi) is 4.42. The highest BCUT2D eigenvalue weighted by atomic mass is 79.9. The minimum atomic E-state index is -0.611. The molecule has 1 aliphatic rings.